The van der Waals surface area contributed by atoms with Crippen molar-refractivity contribution in [1.29, 1.82) is 0 Å². The zero-order valence-electron chi connectivity index (χ0n) is 49.4. The summed E-state index contributed by atoms with van der Waals surface area (Å²) in [5, 5.41) is 6.31. The molecule has 10 aliphatic rings. The van der Waals surface area contributed by atoms with Gasteiger partial charge in [0, 0.05) is 46.6 Å². The van der Waals surface area contributed by atoms with Crippen LogP contribution in [0.1, 0.15) is 201 Å². The van der Waals surface area contributed by atoms with Gasteiger partial charge in [-0.3, -0.25) is 19.2 Å². The van der Waals surface area contributed by atoms with Gasteiger partial charge in [-0.2, -0.15) is 0 Å². The zero-order valence-corrected chi connectivity index (χ0v) is 49.4. The Labute approximate surface area is 456 Å². The largest absolute Gasteiger partial charge is 0.356 e. The second-order valence-corrected chi connectivity index (χ2v) is 30.5. The first kappa shape index (κ1) is 56.3. The van der Waals surface area contributed by atoms with E-state index in [-0.39, 0.29) is 114 Å². The van der Waals surface area contributed by atoms with E-state index in [1.807, 2.05) is 65.8 Å². The Kier molecular flexibility index (Phi) is 13.0. The molecular weight excluding hydrogens is 945 g/mol. The molecule has 0 radical (unpaired) electrons. The summed E-state index contributed by atoms with van der Waals surface area (Å²) in [6, 6.07) is 0. The average Bonchev–Trinajstić information content (AvgIpc) is 3.46. The summed E-state index contributed by atoms with van der Waals surface area (Å²) in [5.41, 5.74) is -1.52. The number of nitrogens with zero attached hydrogens (tertiary/aromatic N) is 2. The second-order valence-electron chi connectivity index (χ2n) is 30.5. The van der Waals surface area contributed by atoms with Gasteiger partial charge in [0.15, 0.2) is 23.1 Å². The summed E-state index contributed by atoms with van der Waals surface area (Å²) in [6.45, 7) is 51.5. The maximum atomic E-state index is 14.5. The van der Waals surface area contributed by atoms with Crippen molar-refractivity contribution in [2.45, 2.75) is 201 Å². The van der Waals surface area contributed by atoms with Gasteiger partial charge in [-0.1, -0.05) is 120 Å². The number of hydrogen-bond acceptors (Lipinski definition) is 6. The van der Waals surface area contributed by atoms with Crippen molar-refractivity contribution in [3.63, 3.8) is 0 Å². The number of rotatable bonds is 4. The number of carbonyl (C=O) groups is 6. The highest BCUT2D eigenvalue weighted by atomic mass is 16.2. The smallest absolute Gasteiger partial charge is 0.226 e. The maximum Gasteiger partial charge on any atom is 0.226 e. The maximum absolute atomic E-state index is 14.5. The third-order valence-corrected chi connectivity index (χ3v) is 25.3. The summed E-state index contributed by atoms with van der Waals surface area (Å²) < 4.78 is 0. The highest BCUT2D eigenvalue weighted by Gasteiger charge is 2.73. The summed E-state index contributed by atoms with van der Waals surface area (Å²) in [4.78, 5) is 90.1. The zero-order chi connectivity index (χ0) is 56.2. The van der Waals surface area contributed by atoms with Crippen molar-refractivity contribution in [3.05, 3.63) is 69.7 Å². The van der Waals surface area contributed by atoms with Crippen LogP contribution in [0.2, 0.25) is 0 Å². The highest BCUT2D eigenvalue weighted by molar-refractivity contribution is 6.04. The molecule has 0 bridgehead atoms. The van der Waals surface area contributed by atoms with E-state index in [4.69, 9.17) is 13.1 Å². The summed E-state index contributed by atoms with van der Waals surface area (Å²) >= 11 is 0. The first-order valence-corrected chi connectivity index (χ1v) is 29.5. The number of carbonyl (C=O) groups excluding carboxylic acids is 6. The number of nitrogens with one attached hydrogen (secondary N) is 2. The lowest BCUT2D eigenvalue weighted by molar-refractivity contribution is -0.179. The van der Waals surface area contributed by atoms with Crippen molar-refractivity contribution in [2.75, 3.05) is 13.1 Å². The SMILES string of the molecule is [C-]#[N+]C1=C[C@]2(C)C3=CC(=O)[C@@H]4[C@@H]5CC(C)(C)CC[C@]5(C(=O)NCC)CC[C@@]4(C)[C@]3(C)CC[C@H]2C(C)(C)C1=O.[C-]#[N+]C1=C[C@]2(C)C3=CC(=O)[C@@H]4[C@@H]5CC(C)(C)CC[C@]5(C(=O)NCC)CC[C@@]4(C)[C@]3(C)CC[C@H]2C(C)(C)C1=O. The lowest BCUT2D eigenvalue weighted by Crippen LogP contribution is -2.66. The van der Waals surface area contributed by atoms with Gasteiger partial charge >= 0.3 is 0 Å². The standard InChI is InChI=1S/2C33H46N2O3/c2*1-10-35-27(38)33-15-13-28(2,3)18-20(33)25-22(36)17-24-30(6)19-21(34-9)26(37)29(4,5)23(30)11-12-31(24,7)32(25,8)14-16-33/h2*17,19-20,23,25H,10-16,18H2,1-8H3,(H,35,38)/t2*20-,23-,25-,30-,31+,32+,33-/m00/s1. The molecule has 2 amide bonds. The van der Waals surface area contributed by atoms with Crippen molar-refractivity contribution >= 4 is 34.9 Å². The van der Waals surface area contributed by atoms with E-state index in [1.54, 1.807) is 0 Å². The molecule has 412 valence electrons. The monoisotopic (exact) mass is 1040 g/mol. The Morgan fingerprint density at radius 1 is 0.513 bits per heavy atom. The molecule has 10 rings (SSSR count). The van der Waals surface area contributed by atoms with E-state index in [0.717, 1.165) is 101 Å². The molecule has 10 heteroatoms. The molecule has 0 aromatic carbocycles. The van der Waals surface area contributed by atoms with Crippen molar-refractivity contribution in [2.24, 2.45) is 100 Å². The number of allylic oxidation sites excluding steroid dienone is 8. The Balaban J connectivity index is 0.000000186. The molecule has 10 aliphatic carbocycles. The van der Waals surface area contributed by atoms with E-state index in [1.165, 1.54) is 0 Å². The Morgan fingerprint density at radius 2 is 0.842 bits per heavy atom. The van der Waals surface area contributed by atoms with Crippen LogP contribution in [0, 0.1) is 114 Å². The molecule has 0 heterocycles. The minimum absolute atomic E-state index is 0.0166. The Hall–Kier alpha value is -4.44. The van der Waals surface area contributed by atoms with Gasteiger partial charge in [-0.05, 0) is 172 Å². The minimum Gasteiger partial charge on any atom is -0.356 e. The molecule has 0 aliphatic heterocycles. The fourth-order valence-corrected chi connectivity index (χ4v) is 20.7. The highest BCUT2D eigenvalue weighted by Crippen LogP contribution is 2.77. The lowest BCUT2D eigenvalue weighted by Gasteiger charge is -2.69. The van der Waals surface area contributed by atoms with Gasteiger partial charge in [-0.25, -0.2) is 9.69 Å². The summed E-state index contributed by atoms with van der Waals surface area (Å²) in [6.07, 6.45) is 20.1. The van der Waals surface area contributed by atoms with Gasteiger partial charge in [-0.15, -0.1) is 0 Å². The van der Waals surface area contributed by atoms with Crippen molar-refractivity contribution in [3.8, 4) is 0 Å². The quantitative estimate of drug-likeness (QED) is 0.269. The van der Waals surface area contributed by atoms with Gasteiger partial charge in [0.1, 0.15) is 0 Å². The van der Waals surface area contributed by atoms with Gasteiger partial charge in [0.05, 0.1) is 24.0 Å². The number of ketones is 4. The molecule has 2 N–H and O–H groups in total. The van der Waals surface area contributed by atoms with Crippen LogP contribution in [0.5, 0.6) is 0 Å². The number of amides is 2. The van der Waals surface area contributed by atoms with Gasteiger partial charge in [0.25, 0.3) is 0 Å². The average molecular weight is 1040 g/mol. The van der Waals surface area contributed by atoms with E-state index in [2.05, 4.69) is 89.6 Å². The minimum atomic E-state index is -0.653. The van der Waals surface area contributed by atoms with Crippen LogP contribution < -0.4 is 10.6 Å². The normalized spacial score (nSPS) is 44.8. The molecule has 0 unspecified atom stereocenters. The molecule has 10 nitrogen and oxygen atoms in total. The molecule has 0 spiro atoms. The second kappa shape index (κ2) is 17.5. The van der Waals surface area contributed by atoms with Crippen LogP contribution in [0.3, 0.4) is 0 Å². The first-order chi connectivity index (χ1) is 35.1. The third kappa shape index (κ3) is 7.31. The molecule has 0 aromatic rings. The number of Topliss-reactive ketones (excluding diaryl/α,β-unsaturated/α-hetero) is 2. The van der Waals surface area contributed by atoms with Crippen LogP contribution in [0.25, 0.3) is 9.69 Å². The third-order valence-electron chi connectivity index (χ3n) is 25.3. The lowest BCUT2D eigenvalue weighted by atomic mass is 9.34. The van der Waals surface area contributed by atoms with Crippen LogP contribution in [0.4, 0.5) is 0 Å². The molecule has 0 aromatic heterocycles. The molecule has 0 saturated heterocycles. The topological polar surface area (TPSA) is 135 Å². The van der Waals surface area contributed by atoms with E-state index < -0.39 is 32.5 Å². The molecule has 76 heavy (non-hydrogen) atoms. The fraction of sp³-hybridized carbons (Fsp3) is 0.758. The Morgan fingerprint density at radius 3 is 1.16 bits per heavy atom. The Bertz CT molecular complexity index is 2620. The van der Waals surface area contributed by atoms with E-state index in [9.17, 15) is 28.8 Å². The van der Waals surface area contributed by atoms with Crippen LogP contribution in [-0.4, -0.2) is 48.0 Å². The number of fused-ring (bicyclic) bond motifs is 14. The van der Waals surface area contributed by atoms with Crippen LogP contribution in [-0.2, 0) is 28.8 Å². The predicted octanol–water partition coefficient (Wildman–Crippen LogP) is 13.4. The fourth-order valence-electron chi connectivity index (χ4n) is 20.7. The van der Waals surface area contributed by atoms with Crippen LogP contribution >= 0.6 is 0 Å². The van der Waals surface area contributed by atoms with Crippen molar-refractivity contribution in [1.82, 2.24) is 10.6 Å². The molecular formula is C66H92N4O6. The van der Waals surface area contributed by atoms with Crippen molar-refractivity contribution < 1.29 is 28.8 Å². The molecule has 14 atom stereocenters. The van der Waals surface area contributed by atoms with Gasteiger partial charge in [0.2, 0.25) is 23.2 Å². The molecule has 6 saturated carbocycles. The predicted molar refractivity (Wildman–Crippen MR) is 297 cm³/mol. The van der Waals surface area contributed by atoms with Crippen LogP contribution in [0.15, 0.2) is 46.8 Å². The molecule has 6 fully saturated rings. The van der Waals surface area contributed by atoms with Gasteiger partial charge < -0.3 is 20.2 Å². The summed E-state index contributed by atoms with van der Waals surface area (Å²) in [7, 11) is 0. The van der Waals surface area contributed by atoms with E-state index >= 15 is 0 Å². The summed E-state index contributed by atoms with van der Waals surface area (Å²) in [5.74, 6) is 0.190. The first-order valence-electron chi connectivity index (χ1n) is 29.5. The number of hydrogen-bond donors (Lipinski definition) is 2. The van der Waals surface area contributed by atoms with E-state index in [0.29, 0.717) is 13.1 Å².